The highest BCUT2D eigenvalue weighted by Crippen LogP contribution is 2.33. The smallest absolute Gasteiger partial charge is 0.307 e. The zero-order valence-electron chi connectivity index (χ0n) is 12.8. The Labute approximate surface area is 141 Å². The number of hydrogen-bond acceptors (Lipinski definition) is 6. The minimum atomic E-state index is -0.466. The van der Waals surface area contributed by atoms with Crippen LogP contribution in [0.25, 0.3) is 0 Å². The van der Waals surface area contributed by atoms with Gasteiger partial charge in [-0.25, -0.2) is 5.43 Å². The molecule has 1 aromatic heterocycles. The number of carbonyl (C=O) groups is 1. The molecule has 0 unspecified atom stereocenters. The summed E-state index contributed by atoms with van der Waals surface area (Å²) in [6.45, 7) is 0. The number of carbonyl (C=O) groups excluding carboxylic acids is 1. The van der Waals surface area contributed by atoms with Gasteiger partial charge in [0.05, 0.1) is 27.5 Å². The van der Waals surface area contributed by atoms with Gasteiger partial charge in [0.15, 0.2) is 21.9 Å². The van der Waals surface area contributed by atoms with Crippen molar-refractivity contribution in [3.05, 3.63) is 40.3 Å². The lowest BCUT2D eigenvalue weighted by Gasteiger charge is -2.11. The molecule has 2 rings (SSSR count). The molecule has 1 aromatic carbocycles. The number of amides is 1. The second-order valence-corrected chi connectivity index (χ2v) is 5.03. The van der Waals surface area contributed by atoms with E-state index in [1.165, 1.54) is 33.6 Å². The second kappa shape index (κ2) is 7.68. The summed E-state index contributed by atoms with van der Waals surface area (Å²) in [4.78, 5) is 11.8. The fraction of sp³-hybridized carbons (Fsp3) is 0.200. The first kappa shape index (κ1) is 16.9. The maximum Gasteiger partial charge on any atom is 0.307 e. The molecule has 23 heavy (non-hydrogen) atoms. The van der Waals surface area contributed by atoms with E-state index >= 15 is 0 Å². The molecule has 1 N–H and O–H groups in total. The van der Waals surface area contributed by atoms with E-state index in [-0.39, 0.29) is 5.76 Å². The lowest BCUT2D eigenvalue weighted by Crippen LogP contribution is -2.16. The lowest BCUT2D eigenvalue weighted by molar-refractivity contribution is 0.0926. The van der Waals surface area contributed by atoms with E-state index in [0.717, 1.165) is 0 Å². The summed E-state index contributed by atoms with van der Waals surface area (Å²) in [5, 5.41) is 3.89. The number of hydrazone groups is 1. The zero-order valence-corrected chi connectivity index (χ0v) is 14.3. The molecule has 7 nitrogen and oxygen atoms in total. The number of nitrogens with one attached hydrogen (secondary N) is 1. The van der Waals surface area contributed by atoms with Crippen molar-refractivity contribution in [2.24, 2.45) is 5.10 Å². The molecule has 122 valence electrons. The standard InChI is InChI=1S/C15H15BrN2O5/c1-20-11-7-13(22-3)12(21-2)6-9(11)8-17-18-15(19)10-4-5-14(16)23-10/h4-8H,1-3H3,(H,18,19)/b17-8-. The summed E-state index contributed by atoms with van der Waals surface area (Å²) in [6.07, 6.45) is 1.44. The molecule has 0 aliphatic heterocycles. The van der Waals surface area contributed by atoms with Gasteiger partial charge in [-0.1, -0.05) is 0 Å². The quantitative estimate of drug-likeness (QED) is 0.613. The van der Waals surface area contributed by atoms with Crippen LogP contribution in [0.15, 0.2) is 38.5 Å². The van der Waals surface area contributed by atoms with Crippen LogP contribution in [0.4, 0.5) is 0 Å². The van der Waals surface area contributed by atoms with Crippen LogP contribution in [0.3, 0.4) is 0 Å². The van der Waals surface area contributed by atoms with Crippen molar-refractivity contribution < 1.29 is 23.4 Å². The fourth-order valence-electron chi connectivity index (χ4n) is 1.81. The third kappa shape index (κ3) is 4.04. The third-order valence-corrected chi connectivity index (χ3v) is 3.33. The zero-order chi connectivity index (χ0) is 16.8. The number of halogens is 1. The van der Waals surface area contributed by atoms with Crippen molar-refractivity contribution in [2.75, 3.05) is 21.3 Å². The van der Waals surface area contributed by atoms with Crippen LogP contribution >= 0.6 is 15.9 Å². The van der Waals surface area contributed by atoms with E-state index < -0.39 is 5.91 Å². The summed E-state index contributed by atoms with van der Waals surface area (Å²) in [5.41, 5.74) is 2.98. The highest BCUT2D eigenvalue weighted by Gasteiger charge is 2.11. The fourth-order valence-corrected chi connectivity index (χ4v) is 2.11. The van der Waals surface area contributed by atoms with Crippen molar-refractivity contribution >= 4 is 28.1 Å². The summed E-state index contributed by atoms with van der Waals surface area (Å²) in [5.74, 6) is 1.27. The molecule has 0 aliphatic rings. The number of benzene rings is 1. The van der Waals surface area contributed by atoms with E-state index in [1.54, 1.807) is 18.2 Å². The number of furan rings is 1. The van der Waals surface area contributed by atoms with Gasteiger partial charge < -0.3 is 18.6 Å². The van der Waals surface area contributed by atoms with Crippen molar-refractivity contribution in [2.45, 2.75) is 0 Å². The number of methoxy groups -OCH3 is 3. The molecular weight excluding hydrogens is 368 g/mol. The predicted octanol–water partition coefficient (Wildman–Crippen LogP) is 2.83. The summed E-state index contributed by atoms with van der Waals surface area (Å²) in [7, 11) is 4.59. The van der Waals surface area contributed by atoms with Gasteiger partial charge in [-0.3, -0.25) is 4.79 Å². The minimum absolute atomic E-state index is 0.147. The van der Waals surface area contributed by atoms with Crippen LogP contribution in [0.5, 0.6) is 17.2 Å². The maximum absolute atomic E-state index is 11.8. The van der Waals surface area contributed by atoms with Crippen LogP contribution in [0, 0.1) is 0 Å². The molecular formula is C15H15BrN2O5. The van der Waals surface area contributed by atoms with E-state index in [4.69, 9.17) is 18.6 Å². The molecule has 0 atom stereocenters. The third-order valence-electron chi connectivity index (χ3n) is 2.90. The van der Waals surface area contributed by atoms with Gasteiger partial charge in [-0.05, 0) is 34.1 Å². The van der Waals surface area contributed by atoms with E-state index in [0.29, 0.717) is 27.5 Å². The normalized spacial score (nSPS) is 10.6. The Morgan fingerprint density at radius 1 is 1.13 bits per heavy atom. The molecule has 0 radical (unpaired) electrons. The molecule has 0 aliphatic carbocycles. The first-order chi connectivity index (χ1) is 11.1. The van der Waals surface area contributed by atoms with Crippen LogP contribution < -0.4 is 19.6 Å². The monoisotopic (exact) mass is 382 g/mol. The Morgan fingerprint density at radius 2 is 1.78 bits per heavy atom. The van der Waals surface area contributed by atoms with Gasteiger partial charge in [0.1, 0.15) is 5.75 Å². The van der Waals surface area contributed by atoms with Gasteiger partial charge in [0, 0.05) is 11.6 Å². The molecule has 1 heterocycles. The molecule has 0 fully saturated rings. The average Bonchev–Trinajstić information content (AvgIpc) is 3.00. The largest absolute Gasteiger partial charge is 0.496 e. The highest BCUT2D eigenvalue weighted by atomic mass is 79.9. The van der Waals surface area contributed by atoms with Gasteiger partial charge in [0.2, 0.25) is 0 Å². The first-order valence-electron chi connectivity index (χ1n) is 6.47. The lowest BCUT2D eigenvalue weighted by atomic mass is 10.2. The first-order valence-corrected chi connectivity index (χ1v) is 7.27. The van der Waals surface area contributed by atoms with Crippen molar-refractivity contribution in [3.63, 3.8) is 0 Å². The van der Waals surface area contributed by atoms with Gasteiger partial charge in [-0.2, -0.15) is 5.10 Å². The summed E-state index contributed by atoms with van der Waals surface area (Å²) in [6, 6.07) is 6.52. The van der Waals surface area contributed by atoms with Crippen LogP contribution in [0.1, 0.15) is 16.1 Å². The van der Waals surface area contributed by atoms with Gasteiger partial charge in [0.25, 0.3) is 0 Å². The molecule has 2 aromatic rings. The molecule has 0 saturated heterocycles. The van der Waals surface area contributed by atoms with Gasteiger partial charge in [-0.15, -0.1) is 0 Å². The van der Waals surface area contributed by atoms with E-state index in [1.807, 2.05) is 0 Å². The van der Waals surface area contributed by atoms with Crippen molar-refractivity contribution in [3.8, 4) is 17.2 Å². The molecule has 8 heteroatoms. The molecule has 1 amide bonds. The Morgan fingerprint density at radius 3 is 2.35 bits per heavy atom. The molecule has 0 saturated carbocycles. The Balaban J connectivity index is 2.16. The predicted molar refractivity (Wildman–Crippen MR) is 87.6 cm³/mol. The highest BCUT2D eigenvalue weighted by molar-refractivity contribution is 9.10. The SMILES string of the molecule is COc1cc(OC)c(OC)cc1/C=N\NC(=O)c1ccc(Br)o1. The van der Waals surface area contributed by atoms with Gasteiger partial charge >= 0.3 is 5.91 Å². The van der Waals surface area contributed by atoms with Crippen molar-refractivity contribution in [1.29, 1.82) is 0 Å². The Kier molecular flexibility index (Phi) is 5.64. The molecule has 0 bridgehead atoms. The number of rotatable bonds is 6. The van der Waals surface area contributed by atoms with Crippen molar-refractivity contribution in [1.82, 2.24) is 5.43 Å². The number of ether oxygens (including phenoxy) is 3. The Bertz CT molecular complexity index is 727. The second-order valence-electron chi connectivity index (χ2n) is 4.25. The summed E-state index contributed by atoms with van der Waals surface area (Å²) >= 11 is 3.13. The van der Waals surface area contributed by atoms with Crippen LogP contribution in [-0.4, -0.2) is 33.5 Å². The number of hydrogen-bond donors (Lipinski definition) is 1. The van der Waals surface area contributed by atoms with E-state index in [2.05, 4.69) is 26.5 Å². The van der Waals surface area contributed by atoms with Crippen LogP contribution in [-0.2, 0) is 0 Å². The minimum Gasteiger partial charge on any atom is -0.496 e. The van der Waals surface area contributed by atoms with E-state index in [9.17, 15) is 4.79 Å². The summed E-state index contributed by atoms with van der Waals surface area (Å²) < 4.78 is 21.3. The van der Waals surface area contributed by atoms with Crippen LogP contribution in [0.2, 0.25) is 0 Å². The maximum atomic E-state index is 11.8. The Hall–Kier alpha value is -2.48. The topological polar surface area (TPSA) is 82.3 Å². The average molecular weight is 383 g/mol. The number of nitrogens with zero attached hydrogens (tertiary/aromatic N) is 1. The molecule has 0 spiro atoms.